The minimum Gasteiger partial charge on any atom is -0.324 e. The van der Waals surface area contributed by atoms with Crippen LogP contribution in [0, 0.1) is 6.92 Å². The van der Waals surface area contributed by atoms with Crippen molar-refractivity contribution in [2.24, 2.45) is 0 Å². The summed E-state index contributed by atoms with van der Waals surface area (Å²) in [5, 5.41) is 3.57. The number of rotatable bonds is 5. The Bertz CT molecular complexity index is 852. The maximum Gasteiger partial charge on any atom is 0.242 e. The maximum atomic E-state index is 12.3. The molecule has 2 aromatic carbocycles. The number of carbonyl (C=O) groups is 1. The monoisotopic (exact) mass is 386 g/mol. The summed E-state index contributed by atoms with van der Waals surface area (Å²) in [6.45, 7) is 3.27. The third-order valence-electron chi connectivity index (χ3n) is 3.31. The lowest BCUT2D eigenvalue weighted by molar-refractivity contribution is -0.117. The molecule has 2 N–H and O–H groups in total. The molecule has 0 aliphatic heterocycles. The second-order valence-electron chi connectivity index (χ2n) is 5.25. The standard InChI is InChI=1S/C16H16Cl2N2O3S/c1-10-3-4-13(18)9-15(10)19-16(21)11(2)20-24(22,23)14-7-5-12(17)6-8-14/h3-9,11,20H,1-2H3,(H,19,21)/t11-/m1/s1. The highest BCUT2D eigenvalue weighted by atomic mass is 35.5. The third kappa shape index (κ3) is 4.70. The summed E-state index contributed by atoms with van der Waals surface area (Å²) in [4.78, 5) is 12.3. The number of hydrogen-bond donors (Lipinski definition) is 2. The lowest BCUT2D eigenvalue weighted by Gasteiger charge is -2.15. The molecule has 0 bridgehead atoms. The summed E-state index contributed by atoms with van der Waals surface area (Å²) in [5.41, 5.74) is 1.35. The maximum absolute atomic E-state index is 12.3. The Morgan fingerprint density at radius 1 is 1.04 bits per heavy atom. The zero-order valence-electron chi connectivity index (χ0n) is 13.0. The molecule has 0 spiro atoms. The van der Waals surface area contributed by atoms with Crippen LogP contribution in [0.1, 0.15) is 12.5 Å². The fourth-order valence-corrected chi connectivity index (χ4v) is 3.44. The number of hydrogen-bond acceptors (Lipinski definition) is 3. The van der Waals surface area contributed by atoms with Gasteiger partial charge in [-0.2, -0.15) is 4.72 Å². The normalized spacial score (nSPS) is 12.7. The summed E-state index contributed by atoms with van der Waals surface area (Å²) >= 11 is 11.7. The highest BCUT2D eigenvalue weighted by Gasteiger charge is 2.22. The molecule has 5 nitrogen and oxygen atoms in total. The Morgan fingerprint density at radius 2 is 1.62 bits per heavy atom. The van der Waals surface area contributed by atoms with Gasteiger partial charge in [0.15, 0.2) is 0 Å². The van der Waals surface area contributed by atoms with Crippen molar-refractivity contribution in [1.29, 1.82) is 0 Å². The molecule has 0 aliphatic carbocycles. The molecule has 128 valence electrons. The SMILES string of the molecule is Cc1ccc(Cl)cc1NC(=O)[C@@H](C)NS(=O)(=O)c1ccc(Cl)cc1. The topological polar surface area (TPSA) is 75.3 Å². The highest BCUT2D eigenvalue weighted by molar-refractivity contribution is 7.89. The molecule has 8 heteroatoms. The molecule has 24 heavy (non-hydrogen) atoms. The second kappa shape index (κ2) is 7.53. The van der Waals surface area contributed by atoms with E-state index < -0.39 is 22.0 Å². The largest absolute Gasteiger partial charge is 0.324 e. The van der Waals surface area contributed by atoms with E-state index in [0.717, 1.165) is 5.56 Å². The van der Waals surface area contributed by atoms with Crippen molar-refractivity contribution in [3.8, 4) is 0 Å². The molecule has 0 aromatic heterocycles. The smallest absolute Gasteiger partial charge is 0.242 e. The van der Waals surface area contributed by atoms with Crippen LogP contribution in [0.4, 0.5) is 5.69 Å². The Balaban J connectivity index is 2.10. The predicted octanol–water partition coefficient (Wildman–Crippen LogP) is 3.61. The predicted molar refractivity (Wildman–Crippen MR) is 96.1 cm³/mol. The minimum atomic E-state index is -3.83. The summed E-state index contributed by atoms with van der Waals surface area (Å²) in [5.74, 6) is -0.488. The number of benzene rings is 2. The van der Waals surface area contributed by atoms with Gasteiger partial charge in [-0.05, 0) is 55.8 Å². The molecule has 2 rings (SSSR count). The van der Waals surface area contributed by atoms with Crippen LogP contribution in [0.25, 0.3) is 0 Å². The first-order chi connectivity index (χ1) is 11.2. The summed E-state index contributed by atoms with van der Waals surface area (Å²) in [6, 6.07) is 9.79. The van der Waals surface area contributed by atoms with E-state index in [9.17, 15) is 13.2 Å². The van der Waals surface area contributed by atoms with Gasteiger partial charge < -0.3 is 5.32 Å². The van der Waals surface area contributed by atoms with Crippen LogP contribution < -0.4 is 10.0 Å². The first-order valence-electron chi connectivity index (χ1n) is 7.04. The van der Waals surface area contributed by atoms with E-state index in [1.807, 2.05) is 6.92 Å². The molecule has 0 unspecified atom stereocenters. The fraction of sp³-hybridized carbons (Fsp3) is 0.188. The molecule has 1 atom stereocenters. The van der Waals surface area contributed by atoms with Gasteiger partial charge in [0.2, 0.25) is 15.9 Å². The number of sulfonamides is 1. The quantitative estimate of drug-likeness (QED) is 0.823. The molecule has 0 aliphatic rings. The van der Waals surface area contributed by atoms with Crippen molar-refractivity contribution in [2.75, 3.05) is 5.32 Å². The second-order valence-corrected chi connectivity index (χ2v) is 7.83. The van der Waals surface area contributed by atoms with Gasteiger partial charge in [0.05, 0.1) is 10.9 Å². The number of amides is 1. The van der Waals surface area contributed by atoms with E-state index in [2.05, 4.69) is 10.0 Å². The van der Waals surface area contributed by atoms with Crippen LogP contribution in [0.2, 0.25) is 10.0 Å². The van der Waals surface area contributed by atoms with E-state index in [4.69, 9.17) is 23.2 Å². The number of carbonyl (C=O) groups excluding carboxylic acids is 1. The Labute approximate surface area is 151 Å². The highest BCUT2D eigenvalue weighted by Crippen LogP contribution is 2.20. The van der Waals surface area contributed by atoms with Crippen molar-refractivity contribution < 1.29 is 13.2 Å². The number of anilines is 1. The van der Waals surface area contributed by atoms with Gasteiger partial charge in [0.1, 0.15) is 0 Å². The van der Waals surface area contributed by atoms with E-state index >= 15 is 0 Å². The molecule has 0 saturated carbocycles. The summed E-state index contributed by atoms with van der Waals surface area (Å²) in [7, 11) is -3.83. The molecule has 0 heterocycles. The van der Waals surface area contributed by atoms with Crippen LogP contribution in [-0.4, -0.2) is 20.4 Å². The summed E-state index contributed by atoms with van der Waals surface area (Å²) < 4.78 is 26.9. The zero-order valence-corrected chi connectivity index (χ0v) is 15.3. The minimum absolute atomic E-state index is 0.0329. The van der Waals surface area contributed by atoms with Gasteiger partial charge in [-0.3, -0.25) is 4.79 Å². The van der Waals surface area contributed by atoms with Crippen LogP contribution in [0.3, 0.4) is 0 Å². The van der Waals surface area contributed by atoms with Gasteiger partial charge in [0.25, 0.3) is 0 Å². The number of aryl methyl sites for hydroxylation is 1. The van der Waals surface area contributed by atoms with Crippen molar-refractivity contribution in [1.82, 2.24) is 4.72 Å². The van der Waals surface area contributed by atoms with Crippen LogP contribution in [0.5, 0.6) is 0 Å². The van der Waals surface area contributed by atoms with Gasteiger partial charge >= 0.3 is 0 Å². The third-order valence-corrected chi connectivity index (χ3v) is 5.35. The fourth-order valence-electron chi connectivity index (χ4n) is 1.94. The van der Waals surface area contributed by atoms with Gasteiger partial charge in [-0.1, -0.05) is 29.3 Å². The average Bonchev–Trinajstić information content (AvgIpc) is 2.51. The Morgan fingerprint density at radius 3 is 2.25 bits per heavy atom. The molecular formula is C16H16Cl2N2O3S. The first kappa shape index (κ1) is 18.7. The van der Waals surface area contributed by atoms with Crippen molar-refractivity contribution >= 4 is 44.8 Å². The van der Waals surface area contributed by atoms with Crippen molar-refractivity contribution in [3.05, 3.63) is 58.1 Å². The van der Waals surface area contributed by atoms with E-state index in [-0.39, 0.29) is 4.90 Å². The average molecular weight is 387 g/mol. The number of halogens is 2. The Hall–Kier alpha value is -1.60. The lowest BCUT2D eigenvalue weighted by atomic mass is 10.2. The van der Waals surface area contributed by atoms with Crippen LogP contribution in [0.15, 0.2) is 47.4 Å². The lowest BCUT2D eigenvalue weighted by Crippen LogP contribution is -2.41. The van der Waals surface area contributed by atoms with E-state index in [0.29, 0.717) is 15.7 Å². The molecule has 1 amide bonds. The molecule has 0 saturated heterocycles. The molecule has 0 radical (unpaired) electrons. The molecule has 0 fully saturated rings. The van der Waals surface area contributed by atoms with Crippen molar-refractivity contribution in [2.45, 2.75) is 24.8 Å². The molecular weight excluding hydrogens is 371 g/mol. The zero-order chi connectivity index (χ0) is 17.9. The molecule has 2 aromatic rings. The van der Waals surface area contributed by atoms with Gasteiger partial charge in [-0.15, -0.1) is 0 Å². The van der Waals surface area contributed by atoms with Gasteiger partial charge in [0, 0.05) is 15.7 Å². The van der Waals surface area contributed by atoms with E-state index in [1.165, 1.54) is 31.2 Å². The summed E-state index contributed by atoms with van der Waals surface area (Å²) in [6.07, 6.45) is 0. The number of nitrogens with one attached hydrogen (secondary N) is 2. The van der Waals surface area contributed by atoms with Crippen LogP contribution in [-0.2, 0) is 14.8 Å². The Kier molecular flexibility index (Phi) is 5.87. The van der Waals surface area contributed by atoms with Gasteiger partial charge in [-0.25, -0.2) is 8.42 Å². The van der Waals surface area contributed by atoms with Crippen molar-refractivity contribution in [3.63, 3.8) is 0 Å². The van der Waals surface area contributed by atoms with Crippen LogP contribution >= 0.6 is 23.2 Å². The van der Waals surface area contributed by atoms with E-state index in [1.54, 1.807) is 18.2 Å². The first-order valence-corrected chi connectivity index (χ1v) is 9.28.